The van der Waals surface area contributed by atoms with Crippen LogP contribution < -0.4 is 16.0 Å². The minimum Gasteiger partial charge on any atom is -0.354 e. The van der Waals surface area contributed by atoms with Crippen LogP contribution in [0.25, 0.3) is 11.0 Å². The molecule has 2 heterocycles. The van der Waals surface area contributed by atoms with Crippen LogP contribution in [0.2, 0.25) is 0 Å². The number of hydrogen-bond acceptors (Lipinski definition) is 6. The fourth-order valence-corrected chi connectivity index (χ4v) is 3.45. The van der Waals surface area contributed by atoms with Crippen LogP contribution in [0.15, 0.2) is 48.7 Å². The van der Waals surface area contributed by atoms with Gasteiger partial charge in [-0.15, -0.1) is 0 Å². The first-order valence-electron chi connectivity index (χ1n) is 11.0. The second kappa shape index (κ2) is 9.61. The summed E-state index contributed by atoms with van der Waals surface area (Å²) >= 11 is 0. The van der Waals surface area contributed by atoms with E-state index in [1.54, 1.807) is 36.1 Å². The van der Waals surface area contributed by atoms with E-state index < -0.39 is 17.6 Å². The van der Waals surface area contributed by atoms with Crippen molar-refractivity contribution in [3.63, 3.8) is 0 Å². The Bertz CT molecular complexity index is 1380. The summed E-state index contributed by atoms with van der Waals surface area (Å²) in [6.45, 7) is 4.67. The van der Waals surface area contributed by atoms with E-state index in [2.05, 4.69) is 31.0 Å². The molecule has 0 unspecified atom stereocenters. The number of carbonyl (C=O) groups excluding carboxylic acids is 1. The fourth-order valence-electron chi connectivity index (χ4n) is 3.45. The molecule has 1 amide bonds. The zero-order valence-electron chi connectivity index (χ0n) is 19.4. The number of carbonyl (C=O) groups is 1. The standard InChI is InChI=1S/C24H24F3N7O/c1-4-10-28-23-29-13-18-20(33-34(3)21(18)32-23)31-19-11-15(9-8-14(19)2)22(35)30-17-7-5-6-16(12-17)24(25,26)27/h5-9,11-13H,4,10H2,1-3H3,(H,30,35)(H,31,33)(H,28,29,32). The predicted molar refractivity (Wildman–Crippen MR) is 129 cm³/mol. The molecule has 4 aromatic rings. The molecule has 4 rings (SSSR count). The normalized spacial score (nSPS) is 11.5. The molecule has 0 bridgehead atoms. The number of anilines is 4. The first-order chi connectivity index (χ1) is 16.7. The third kappa shape index (κ3) is 5.34. The number of aromatic nitrogens is 4. The van der Waals surface area contributed by atoms with E-state index in [-0.39, 0.29) is 11.3 Å². The van der Waals surface area contributed by atoms with E-state index in [1.807, 2.05) is 13.8 Å². The summed E-state index contributed by atoms with van der Waals surface area (Å²) in [6.07, 6.45) is -1.88. The molecular formula is C24H24F3N7O. The van der Waals surface area contributed by atoms with E-state index in [9.17, 15) is 18.0 Å². The Balaban J connectivity index is 1.57. The van der Waals surface area contributed by atoms with Gasteiger partial charge in [-0.2, -0.15) is 23.3 Å². The smallest absolute Gasteiger partial charge is 0.354 e. The Kier molecular flexibility index (Phi) is 6.59. The van der Waals surface area contributed by atoms with Crippen molar-refractivity contribution in [3.8, 4) is 0 Å². The molecule has 11 heteroatoms. The lowest BCUT2D eigenvalue weighted by Crippen LogP contribution is -2.13. The largest absolute Gasteiger partial charge is 0.416 e. The van der Waals surface area contributed by atoms with E-state index >= 15 is 0 Å². The second-order valence-electron chi connectivity index (χ2n) is 8.02. The third-order valence-electron chi connectivity index (χ3n) is 5.31. The molecular weight excluding hydrogens is 459 g/mol. The highest BCUT2D eigenvalue weighted by Crippen LogP contribution is 2.31. The number of rotatable bonds is 7. The third-order valence-corrected chi connectivity index (χ3v) is 5.31. The molecule has 35 heavy (non-hydrogen) atoms. The molecule has 8 nitrogen and oxygen atoms in total. The van der Waals surface area contributed by atoms with Gasteiger partial charge in [-0.25, -0.2) is 9.67 Å². The Morgan fingerprint density at radius 1 is 1.14 bits per heavy atom. The van der Waals surface area contributed by atoms with E-state index in [1.165, 1.54) is 12.1 Å². The maximum atomic E-state index is 13.0. The molecule has 0 aliphatic carbocycles. The first kappa shape index (κ1) is 24.0. The first-order valence-corrected chi connectivity index (χ1v) is 11.0. The molecule has 0 aliphatic heterocycles. The van der Waals surface area contributed by atoms with Crippen molar-refractivity contribution in [1.82, 2.24) is 19.7 Å². The fraction of sp³-hybridized carbons (Fsp3) is 0.250. The topological polar surface area (TPSA) is 96.8 Å². The van der Waals surface area contributed by atoms with Gasteiger partial charge in [0.2, 0.25) is 5.95 Å². The Labute approximate surface area is 199 Å². The summed E-state index contributed by atoms with van der Waals surface area (Å²) in [5.41, 5.74) is 1.60. The summed E-state index contributed by atoms with van der Waals surface area (Å²) in [5.74, 6) is 0.495. The zero-order chi connectivity index (χ0) is 25.2. The molecule has 0 saturated heterocycles. The Morgan fingerprint density at radius 2 is 1.94 bits per heavy atom. The maximum absolute atomic E-state index is 13.0. The van der Waals surface area contributed by atoms with E-state index in [4.69, 9.17) is 0 Å². The minimum atomic E-state index is -4.50. The Morgan fingerprint density at radius 3 is 2.69 bits per heavy atom. The van der Waals surface area contributed by atoms with Gasteiger partial charge in [0.15, 0.2) is 11.5 Å². The van der Waals surface area contributed by atoms with E-state index in [0.29, 0.717) is 28.5 Å². The van der Waals surface area contributed by atoms with Crippen LogP contribution in [0.3, 0.4) is 0 Å². The molecule has 2 aromatic heterocycles. The average Bonchev–Trinajstić information content (AvgIpc) is 3.13. The number of amides is 1. The van der Waals surface area contributed by atoms with Crippen molar-refractivity contribution in [2.75, 3.05) is 22.5 Å². The van der Waals surface area contributed by atoms with Gasteiger partial charge >= 0.3 is 6.18 Å². The van der Waals surface area contributed by atoms with Crippen LogP contribution in [-0.2, 0) is 13.2 Å². The second-order valence-corrected chi connectivity index (χ2v) is 8.02. The molecule has 2 aromatic carbocycles. The van der Waals surface area contributed by atoms with Gasteiger partial charge in [-0.05, 0) is 49.2 Å². The Hall–Kier alpha value is -4.15. The summed E-state index contributed by atoms with van der Waals surface area (Å²) in [7, 11) is 1.77. The van der Waals surface area contributed by atoms with Gasteiger partial charge in [-0.1, -0.05) is 19.1 Å². The number of alkyl halides is 3. The van der Waals surface area contributed by atoms with Crippen molar-refractivity contribution in [3.05, 3.63) is 65.4 Å². The van der Waals surface area contributed by atoms with Gasteiger partial charge in [0.25, 0.3) is 5.91 Å². The number of hydrogen-bond donors (Lipinski definition) is 3. The number of nitrogens with zero attached hydrogens (tertiary/aromatic N) is 4. The van der Waals surface area contributed by atoms with Crippen molar-refractivity contribution in [1.29, 1.82) is 0 Å². The van der Waals surface area contributed by atoms with Crippen molar-refractivity contribution >= 4 is 40.1 Å². The van der Waals surface area contributed by atoms with Gasteiger partial charge in [0.05, 0.1) is 10.9 Å². The average molecular weight is 483 g/mol. The maximum Gasteiger partial charge on any atom is 0.416 e. The highest BCUT2D eigenvalue weighted by molar-refractivity contribution is 6.05. The SMILES string of the molecule is CCCNc1ncc2c(Nc3cc(C(=O)Nc4cccc(C(F)(F)F)c4)ccc3C)nn(C)c2n1. The van der Waals surface area contributed by atoms with Gasteiger partial charge < -0.3 is 16.0 Å². The summed E-state index contributed by atoms with van der Waals surface area (Å²) in [5, 5.41) is 14.1. The number of halogens is 3. The van der Waals surface area contributed by atoms with Crippen molar-refractivity contribution in [2.45, 2.75) is 26.4 Å². The number of aryl methyl sites for hydroxylation is 2. The molecule has 0 spiro atoms. The number of benzene rings is 2. The molecule has 0 radical (unpaired) electrons. The van der Waals surface area contributed by atoms with Crippen LogP contribution in [0.5, 0.6) is 0 Å². The minimum absolute atomic E-state index is 0.0558. The molecule has 182 valence electrons. The lowest BCUT2D eigenvalue weighted by molar-refractivity contribution is -0.137. The monoisotopic (exact) mass is 483 g/mol. The molecule has 0 saturated carbocycles. The quantitative estimate of drug-likeness (QED) is 0.321. The molecule has 0 aliphatic rings. The van der Waals surface area contributed by atoms with Gasteiger partial charge in [0, 0.05) is 36.7 Å². The number of nitrogens with one attached hydrogen (secondary N) is 3. The summed E-state index contributed by atoms with van der Waals surface area (Å²) < 4.78 is 40.6. The van der Waals surface area contributed by atoms with Gasteiger partial charge in [0.1, 0.15) is 0 Å². The highest BCUT2D eigenvalue weighted by atomic mass is 19.4. The highest BCUT2D eigenvalue weighted by Gasteiger charge is 2.30. The molecule has 3 N–H and O–H groups in total. The van der Waals surface area contributed by atoms with Crippen molar-refractivity contribution < 1.29 is 18.0 Å². The van der Waals surface area contributed by atoms with Crippen LogP contribution in [0.4, 0.5) is 36.3 Å². The number of fused-ring (bicyclic) bond motifs is 1. The van der Waals surface area contributed by atoms with Crippen LogP contribution in [-0.4, -0.2) is 32.2 Å². The van der Waals surface area contributed by atoms with Crippen molar-refractivity contribution in [2.24, 2.45) is 7.05 Å². The lowest BCUT2D eigenvalue weighted by Gasteiger charge is -2.12. The molecule has 0 atom stereocenters. The van der Waals surface area contributed by atoms with Crippen LogP contribution >= 0.6 is 0 Å². The predicted octanol–water partition coefficient (Wildman–Crippen LogP) is 5.51. The van der Waals surface area contributed by atoms with Gasteiger partial charge in [-0.3, -0.25) is 4.79 Å². The summed E-state index contributed by atoms with van der Waals surface area (Å²) in [4.78, 5) is 21.6. The van der Waals surface area contributed by atoms with Crippen LogP contribution in [0, 0.1) is 6.92 Å². The lowest BCUT2D eigenvalue weighted by atomic mass is 10.1. The summed E-state index contributed by atoms with van der Waals surface area (Å²) in [6, 6.07) is 9.48. The molecule has 0 fully saturated rings. The van der Waals surface area contributed by atoms with Crippen LogP contribution in [0.1, 0.15) is 34.8 Å². The zero-order valence-corrected chi connectivity index (χ0v) is 19.4. The van der Waals surface area contributed by atoms with E-state index in [0.717, 1.165) is 30.7 Å².